The summed E-state index contributed by atoms with van der Waals surface area (Å²) in [6.07, 6.45) is -1.15. The van der Waals surface area contributed by atoms with Crippen LogP contribution in [-0.2, 0) is 4.79 Å². The van der Waals surface area contributed by atoms with Gasteiger partial charge in [-0.1, -0.05) is 18.2 Å². The first-order valence-electron chi connectivity index (χ1n) is 4.79. The van der Waals surface area contributed by atoms with Gasteiger partial charge in [-0.15, -0.1) is 0 Å². The SMILES string of the molecule is CC(O)[C@H](NC(=O)c1ccccc1)C(=O)O. The number of hydrogen-bond acceptors (Lipinski definition) is 3. The summed E-state index contributed by atoms with van der Waals surface area (Å²) < 4.78 is 0. The smallest absolute Gasteiger partial charge is 0.328 e. The van der Waals surface area contributed by atoms with E-state index in [4.69, 9.17) is 5.11 Å². The number of benzene rings is 1. The molecule has 0 aliphatic carbocycles. The molecule has 0 aliphatic heterocycles. The molecule has 0 aromatic heterocycles. The second kappa shape index (κ2) is 5.27. The van der Waals surface area contributed by atoms with Crippen LogP contribution in [0.4, 0.5) is 0 Å². The van der Waals surface area contributed by atoms with Crippen molar-refractivity contribution in [1.82, 2.24) is 5.32 Å². The monoisotopic (exact) mass is 223 g/mol. The predicted molar refractivity (Wildman–Crippen MR) is 57.0 cm³/mol. The second-order valence-electron chi connectivity index (χ2n) is 3.40. The van der Waals surface area contributed by atoms with Crippen LogP contribution in [0, 0.1) is 0 Å². The Balaban J connectivity index is 2.74. The molecule has 86 valence electrons. The van der Waals surface area contributed by atoms with Crippen LogP contribution in [0.2, 0.25) is 0 Å². The highest BCUT2D eigenvalue weighted by Gasteiger charge is 2.25. The molecule has 1 aromatic rings. The molecule has 1 unspecified atom stereocenters. The van der Waals surface area contributed by atoms with E-state index in [-0.39, 0.29) is 0 Å². The van der Waals surface area contributed by atoms with E-state index in [1.54, 1.807) is 30.3 Å². The number of rotatable bonds is 4. The molecule has 2 atom stereocenters. The minimum Gasteiger partial charge on any atom is -0.480 e. The maximum Gasteiger partial charge on any atom is 0.328 e. The molecule has 0 heterocycles. The number of amides is 1. The zero-order valence-corrected chi connectivity index (χ0v) is 8.75. The maximum atomic E-state index is 11.6. The molecule has 0 radical (unpaired) electrons. The van der Waals surface area contributed by atoms with Gasteiger partial charge in [-0.2, -0.15) is 0 Å². The first-order chi connectivity index (χ1) is 7.52. The number of carboxylic acids is 1. The van der Waals surface area contributed by atoms with Crippen LogP contribution < -0.4 is 5.32 Å². The highest BCUT2D eigenvalue weighted by molar-refractivity contribution is 5.96. The third kappa shape index (κ3) is 3.06. The van der Waals surface area contributed by atoms with Gasteiger partial charge in [0.1, 0.15) is 0 Å². The Morgan fingerprint density at radius 2 is 1.81 bits per heavy atom. The predicted octanol–water partition coefficient (Wildman–Crippen LogP) is 0.250. The van der Waals surface area contributed by atoms with Gasteiger partial charge in [0.05, 0.1) is 6.10 Å². The van der Waals surface area contributed by atoms with Crippen LogP contribution in [-0.4, -0.2) is 34.2 Å². The summed E-state index contributed by atoms with van der Waals surface area (Å²) in [5.41, 5.74) is 0.356. The number of aliphatic carboxylic acids is 1. The maximum absolute atomic E-state index is 11.6. The molecular formula is C11H13NO4. The van der Waals surface area contributed by atoms with E-state index in [1.165, 1.54) is 6.92 Å². The summed E-state index contributed by atoms with van der Waals surface area (Å²) in [5.74, 6) is -1.78. The van der Waals surface area contributed by atoms with Crippen LogP contribution in [0.15, 0.2) is 30.3 Å². The lowest BCUT2D eigenvalue weighted by Gasteiger charge is -2.16. The Bertz CT molecular complexity index is 375. The average molecular weight is 223 g/mol. The molecule has 1 rings (SSSR count). The first kappa shape index (κ1) is 12.2. The van der Waals surface area contributed by atoms with Crippen LogP contribution in [0.5, 0.6) is 0 Å². The van der Waals surface area contributed by atoms with Crippen LogP contribution in [0.1, 0.15) is 17.3 Å². The fourth-order valence-electron chi connectivity index (χ4n) is 1.20. The van der Waals surface area contributed by atoms with Gasteiger partial charge >= 0.3 is 5.97 Å². The number of nitrogens with one attached hydrogen (secondary N) is 1. The summed E-state index contributed by atoms with van der Waals surface area (Å²) in [5, 5.41) is 20.2. The normalized spacial score (nSPS) is 13.9. The Morgan fingerprint density at radius 1 is 1.25 bits per heavy atom. The van der Waals surface area contributed by atoms with Crippen molar-refractivity contribution in [2.75, 3.05) is 0 Å². The van der Waals surface area contributed by atoms with Gasteiger partial charge in [-0.05, 0) is 19.1 Å². The van der Waals surface area contributed by atoms with Crippen molar-refractivity contribution in [2.24, 2.45) is 0 Å². The van der Waals surface area contributed by atoms with Crippen molar-refractivity contribution in [3.05, 3.63) is 35.9 Å². The van der Waals surface area contributed by atoms with E-state index in [0.29, 0.717) is 5.56 Å². The van der Waals surface area contributed by atoms with Gasteiger partial charge in [-0.3, -0.25) is 4.79 Å². The molecule has 0 bridgehead atoms. The number of hydrogen-bond donors (Lipinski definition) is 3. The van der Waals surface area contributed by atoms with E-state index in [0.717, 1.165) is 0 Å². The molecule has 5 heteroatoms. The van der Waals surface area contributed by atoms with Gasteiger partial charge < -0.3 is 15.5 Å². The van der Waals surface area contributed by atoms with Crippen LogP contribution in [0.3, 0.4) is 0 Å². The fourth-order valence-corrected chi connectivity index (χ4v) is 1.20. The summed E-state index contributed by atoms with van der Waals surface area (Å²) in [7, 11) is 0. The second-order valence-corrected chi connectivity index (χ2v) is 3.40. The molecule has 1 amide bonds. The summed E-state index contributed by atoms with van der Waals surface area (Å²) in [6, 6.07) is 6.93. The minimum absolute atomic E-state index is 0.356. The Morgan fingerprint density at radius 3 is 2.25 bits per heavy atom. The van der Waals surface area contributed by atoms with Gasteiger partial charge in [0.2, 0.25) is 0 Å². The third-order valence-corrected chi connectivity index (χ3v) is 2.07. The molecule has 5 nitrogen and oxygen atoms in total. The number of aliphatic hydroxyl groups is 1. The van der Waals surface area contributed by atoms with Crippen molar-refractivity contribution in [2.45, 2.75) is 19.1 Å². The summed E-state index contributed by atoms with van der Waals surface area (Å²) in [4.78, 5) is 22.3. The molecule has 0 aliphatic rings. The highest BCUT2D eigenvalue weighted by atomic mass is 16.4. The van der Waals surface area contributed by atoms with Gasteiger partial charge in [-0.25, -0.2) is 4.79 Å². The Kier molecular flexibility index (Phi) is 4.02. The van der Waals surface area contributed by atoms with Gasteiger partial charge in [0, 0.05) is 5.56 Å². The molecule has 1 aromatic carbocycles. The quantitative estimate of drug-likeness (QED) is 0.683. The van der Waals surface area contributed by atoms with Crippen molar-refractivity contribution in [1.29, 1.82) is 0 Å². The molecule has 16 heavy (non-hydrogen) atoms. The van der Waals surface area contributed by atoms with Crippen molar-refractivity contribution in [3.63, 3.8) is 0 Å². The van der Waals surface area contributed by atoms with Crippen LogP contribution in [0.25, 0.3) is 0 Å². The molecule has 0 saturated heterocycles. The fraction of sp³-hybridized carbons (Fsp3) is 0.273. The number of carbonyl (C=O) groups is 2. The molecule has 3 N–H and O–H groups in total. The van der Waals surface area contributed by atoms with E-state index in [2.05, 4.69) is 5.32 Å². The lowest BCUT2D eigenvalue weighted by atomic mass is 10.1. The summed E-state index contributed by atoms with van der Waals surface area (Å²) >= 11 is 0. The number of aliphatic hydroxyl groups excluding tert-OH is 1. The van der Waals surface area contributed by atoms with E-state index < -0.39 is 24.0 Å². The summed E-state index contributed by atoms with van der Waals surface area (Å²) in [6.45, 7) is 1.31. The first-order valence-corrected chi connectivity index (χ1v) is 4.79. The molecule has 0 fully saturated rings. The van der Waals surface area contributed by atoms with Crippen molar-refractivity contribution in [3.8, 4) is 0 Å². The molecule has 0 spiro atoms. The lowest BCUT2D eigenvalue weighted by molar-refractivity contribution is -0.141. The van der Waals surface area contributed by atoms with E-state index in [9.17, 15) is 14.7 Å². The Hall–Kier alpha value is -1.88. The Labute approximate surface area is 92.7 Å². The average Bonchev–Trinajstić information content (AvgIpc) is 2.25. The van der Waals surface area contributed by atoms with Gasteiger partial charge in [0.15, 0.2) is 6.04 Å². The van der Waals surface area contributed by atoms with E-state index in [1.807, 2.05) is 0 Å². The molecule has 0 saturated carbocycles. The molecular weight excluding hydrogens is 210 g/mol. The number of carboxylic acid groups (broad SMARTS) is 1. The highest BCUT2D eigenvalue weighted by Crippen LogP contribution is 2.00. The largest absolute Gasteiger partial charge is 0.480 e. The van der Waals surface area contributed by atoms with Crippen molar-refractivity contribution < 1.29 is 19.8 Å². The topological polar surface area (TPSA) is 86.6 Å². The zero-order chi connectivity index (χ0) is 12.1. The third-order valence-electron chi connectivity index (χ3n) is 2.07. The van der Waals surface area contributed by atoms with Crippen molar-refractivity contribution >= 4 is 11.9 Å². The van der Waals surface area contributed by atoms with Crippen LogP contribution >= 0.6 is 0 Å². The van der Waals surface area contributed by atoms with E-state index >= 15 is 0 Å². The van der Waals surface area contributed by atoms with Gasteiger partial charge in [0.25, 0.3) is 5.91 Å². The lowest BCUT2D eigenvalue weighted by Crippen LogP contribution is -2.47. The zero-order valence-electron chi connectivity index (χ0n) is 8.75. The standard InChI is InChI=1S/C11H13NO4/c1-7(13)9(11(15)16)12-10(14)8-5-3-2-4-6-8/h2-7,9,13H,1H3,(H,12,14)(H,15,16)/t7?,9-/m0/s1. The number of carbonyl (C=O) groups excluding carboxylic acids is 1. The minimum atomic E-state index is -1.30.